The molecule has 0 saturated heterocycles. The van der Waals surface area contributed by atoms with E-state index in [0.717, 1.165) is 29.8 Å². The van der Waals surface area contributed by atoms with Crippen LogP contribution in [0.25, 0.3) is 16.9 Å². The van der Waals surface area contributed by atoms with Crippen molar-refractivity contribution in [2.24, 2.45) is 0 Å². The Bertz CT molecular complexity index is 1140. The summed E-state index contributed by atoms with van der Waals surface area (Å²) in [6, 6.07) is 21.5. The number of rotatable bonds is 9. The van der Waals surface area contributed by atoms with Crippen molar-refractivity contribution in [1.82, 2.24) is 20.1 Å². The van der Waals surface area contributed by atoms with Gasteiger partial charge in [0.25, 0.3) is 5.91 Å². The number of carbonyl (C=O) groups is 1. The van der Waals surface area contributed by atoms with Crippen LogP contribution in [0.3, 0.4) is 0 Å². The molecule has 0 fully saturated rings. The minimum Gasteiger partial charge on any atom is -0.494 e. The summed E-state index contributed by atoms with van der Waals surface area (Å²) < 4.78 is 7.48. The lowest BCUT2D eigenvalue weighted by Crippen LogP contribution is -2.25. The van der Waals surface area contributed by atoms with Gasteiger partial charge in [-0.3, -0.25) is 9.78 Å². The van der Waals surface area contributed by atoms with E-state index in [9.17, 15) is 4.79 Å². The molecule has 1 amide bonds. The van der Waals surface area contributed by atoms with E-state index in [1.807, 2.05) is 66.7 Å². The SMILES string of the molecule is Cc1ccc(OCCCCNC(=O)c2cn(-c3ccccc3)nc2-c2cccnc2)cc1. The van der Waals surface area contributed by atoms with E-state index < -0.39 is 0 Å². The maximum Gasteiger partial charge on any atom is 0.255 e. The molecular weight excluding hydrogens is 400 g/mol. The second-order valence-electron chi connectivity index (χ2n) is 7.54. The molecule has 4 rings (SSSR count). The minimum atomic E-state index is -0.148. The Labute approximate surface area is 187 Å². The zero-order valence-electron chi connectivity index (χ0n) is 18.1. The molecule has 0 unspecified atom stereocenters. The van der Waals surface area contributed by atoms with Crippen LogP contribution in [0, 0.1) is 6.92 Å². The summed E-state index contributed by atoms with van der Waals surface area (Å²) in [4.78, 5) is 17.1. The van der Waals surface area contributed by atoms with E-state index in [2.05, 4.69) is 22.3 Å². The molecule has 0 spiro atoms. The Kier molecular flexibility index (Phi) is 6.92. The van der Waals surface area contributed by atoms with Crippen molar-refractivity contribution in [3.05, 3.63) is 96.4 Å². The molecule has 2 aromatic heterocycles. The topological polar surface area (TPSA) is 69.0 Å². The molecule has 0 aliphatic heterocycles. The fraction of sp³-hybridized carbons (Fsp3) is 0.192. The van der Waals surface area contributed by atoms with E-state index in [1.54, 1.807) is 23.3 Å². The van der Waals surface area contributed by atoms with Crippen LogP contribution in [0.1, 0.15) is 28.8 Å². The largest absolute Gasteiger partial charge is 0.494 e. The van der Waals surface area contributed by atoms with Crippen molar-refractivity contribution < 1.29 is 9.53 Å². The summed E-state index contributed by atoms with van der Waals surface area (Å²) in [5, 5.41) is 7.68. The summed E-state index contributed by atoms with van der Waals surface area (Å²) in [5.41, 5.74) is 4.05. The molecule has 32 heavy (non-hydrogen) atoms. The van der Waals surface area contributed by atoms with Crippen LogP contribution in [-0.2, 0) is 0 Å². The molecule has 2 heterocycles. The first-order chi connectivity index (χ1) is 15.7. The van der Waals surface area contributed by atoms with Crippen LogP contribution in [0.4, 0.5) is 0 Å². The molecule has 4 aromatic rings. The molecule has 162 valence electrons. The van der Waals surface area contributed by atoms with E-state index in [-0.39, 0.29) is 5.91 Å². The average Bonchev–Trinajstić information content (AvgIpc) is 3.29. The van der Waals surface area contributed by atoms with Gasteiger partial charge >= 0.3 is 0 Å². The summed E-state index contributed by atoms with van der Waals surface area (Å²) in [5.74, 6) is 0.722. The number of pyridine rings is 1. The van der Waals surface area contributed by atoms with E-state index in [1.165, 1.54) is 5.56 Å². The van der Waals surface area contributed by atoms with Gasteiger partial charge in [0.1, 0.15) is 11.4 Å². The Morgan fingerprint density at radius 3 is 2.56 bits per heavy atom. The Morgan fingerprint density at radius 2 is 1.81 bits per heavy atom. The molecular formula is C26H26N4O2. The van der Waals surface area contributed by atoms with Crippen LogP contribution in [0.5, 0.6) is 5.75 Å². The number of nitrogens with zero attached hydrogens (tertiary/aromatic N) is 3. The molecule has 6 heteroatoms. The van der Waals surface area contributed by atoms with Gasteiger partial charge in [0.05, 0.1) is 17.9 Å². The number of para-hydroxylation sites is 1. The smallest absolute Gasteiger partial charge is 0.255 e. The van der Waals surface area contributed by atoms with E-state index in [0.29, 0.717) is 24.4 Å². The van der Waals surface area contributed by atoms with Crippen molar-refractivity contribution in [3.8, 4) is 22.7 Å². The number of benzene rings is 2. The third-order valence-corrected chi connectivity index (χ3v) is 5.06. The van der Waals surface area contributed by atoms with Gasteiger partial charge in [0, 0.05) is 30.7 Å². The Morgan fingerprint density at radius 1 is 1.00 bits per heavy atom. The summed E-state index contributed by atoms with van der Waals surface area (Å²) >= 11 is 0. The maximum atomic E-state index is 13.0. The minimum absolute atomic E-state index is 0.148. The lowest BCUT2D eigenvalue weighted by Gasteiger charge is -2.07. The molecule has 0 aliphatic carbocycles. The summed E-state index contributed by atoms with van der Waals surface area (Å²) in [6.45, 7) is 3.24. The van der Waals surface area contributed by atoms with E-state index in [4.69, 9.17) is 4.74 Å². The van der Waals surface area contributed by atoms with Gasteiger partial charge in [-0.15, -0.1) is 0 Å². The van der Waals surface area contributed by atoms with Crippen LogP contribution in [-0.4, -0.2) is 33.8 Å². The van der Waals surface area contributed by atoms with Crippen LogP contribution in [0.15, 0.2) is 85.3 Å². The number of unbranched alkanes of at least 4 members (excludes halogenated alkanes) is 1. The normalized spacial score (nSPS) is 10.7. The molecule has 0 saturated carbocycles. The second kappa shape index (κ2) is 10.4. The maximum absolute atomic E-state index is 13.0. The van der Waals surface area contributed by atoms with Gasteiger partial charge in [0.2, 0.25) is 0 Å². The second-order valence-corrected chi connectivity index (χ2v) is 7.54. The lowest BCUT2D eigenvalue weighted by molar-refractivity contribution is 0.0953. The molecule has 2 aromatic carbocycles. The van der Waals surface area contributed by atoms with Gasteiger partial charge in [-0.05, 0) is 56.2 Å². The highest BCUT2D eigenvalue weighted by Crippen LogP contribution is 2.23. The first-order valence-corrected chi connectivity index (χ1v) is 10.7. The van der Waals surface area contributed by atoms with Crippen LogP contribution >= 0.6 is 0 Å². The molecule has 0 radical (unpaired) electrons. The zero-order chi connectivity index (χ0) is 22.2. The first kappa shape index (κ1) is 21.3. The van der Waals surface area contributed by atoms with Gasteiger partial charge < -0.3 is 10.1 Å². The number of carbonyl (C=O) groups excluding carboxylic acids is 1. The molecule has 0 bridgehead atoms. The van der Waals surface area contributed by atoms with Crippen LogP contribution < -0.4 is 10.1 Å². The Balaban J connectivity index is 1.37. The van der Waals surface area contributed by atoms with E-state index >= 15 is 0 Å². The summed E-state index contributed by atoms with van der Waals surface area (Å²) in [6.07, 6.45) is 6.88. The van der Waals surface area contributed by atoms with Crippen molar-refractivity contribution in [2.75, 3.05) is 13.2 Å². The highest BCUT2D eigenvalue weighted by atomic mass is 16.5. The van der Waals surface area contributed by atoms with Crippen molar-refractivity contribution in [1.29, 1.82) is 0 Å². The van der Waals surface area contributed by atoms with Gasteiger partial charge in [0.15, 0.2) is 0 Å². The number of nitrogens with one attached hydrogen (secondary N) is 1. The van der Waals surface area contributed by atoms with Gasteiger partial charge in [-0.1, -0.05) is 35.9 Å². The summed E-state index contributed by atoms with van der Waals surface area (Å²) in [7, 11) is 0. The molecule has 6 nitrogen and oxygen atoms in total. The van der Waals surface area contributed by atoms with Crippen LogP contribution in [0.2, 0.25) is 0 Å². The zero-order valence-corrected chi connectivity index (χ0v) is 18.1. The fourth-order valence-corrected chi connectivity index (χ4v) is 3.32. The van der Waals surface area contributed by atoms with Gasteiger partial charge in [-0.2, -0.15) is 5.10 Å². The average molecular weight is 427 g/mol. The molecule has 0 aliphatic rings. The monoisotopic (exact) mass is 426 g/mol. The number of hydrogen-bond acceptors (Lipinski definition) is 4. The molecule has 0 atom stereocenters. The third-order valence-electron chi connectivity index (χ3n) is 5.06. The lowest BCUT2D eigenvalue weighted by atomic mass is 10.1. The third kappa shape index (κ3) is 5.40. The number of ether oxygens (including phenoxy) is 1. The Hall–Kier alpha value is -3.93. The standard InChI is InChI=1S/C26H26N4O2/c1-20-11-13-23(14-12-20)32-17-6-5-16-28-26(31)24-19-30(22-9-3-2-4-10-22)29-25(24)21-8-7-15-27-18-21/h2-4,7-15,18-19H,5-6,16-17H2,1H3,(H,28,31). The van der Waals surface area contributed by atoms with Crippen molar-refractivity contribution in [3.63, 3.8) is 0 Å². The fourth-order valence-electron chi connectivity index (χ4n) is 3.32. The quantitative estimate of drug-likeness (QED) is 0.389. The van der Waals surface area contributed by atoms with Crippen molar-refractivity contribution in [2.45, 2.75) is 19.8 Å². The number of aryl methyl sites for hydroxylation is 1. The predicted octanol–water partition coefficient (Wildman–Crippen LogP) is 4.83. The highest BCUT2D eigenvalue weighted by Gasteiger charge is 2.18. The van der Waals surface area contributed by atoms with Crippen molar-refractivity contribution >= 4 is 5.91 Å². The number of amides is 1. The first-order valence-electron chi connectivity index (χ1n) is 10.7. The number of aromatic nitrogens is 3. The predicted molar refractivity (Wildman–Crippen MR) is 125 cm³/mol. The van der Waals surface area contributed by atoms with Gasteiger partial charge in [-0.25, -0.2) is 4.68 Å². The number of hydrogen-bond donors (Lipinski definition) is 1. The molecule has 1 N–H and O–H groups in total. The highest BCUT2D eigenvalue weighted by molar-refractivity contribution is 5.99.